The second-order valence-electron chi connectivity index (χ2n) is 2.86. The summed E-state index contributed by atoms with van der Waals surface area (Å²) in [6.45, 7) is -0.434. The number of nitrogens with zero attached hydrogens (tertiary/aromatic N) is 2. The maximum atomic E-state index is 11.8. The minimum atomic E-state index is -3.55. The first-order chi connectivity index (χ1) is 6.99. The molecule has 1 heterocycles. The molecule has 86 valence electrons. The molecule has 0 spiro atoms. The summed E-state index contributed by atoms with van der Waals surface area (Å²) in [6.07, 6.45) is 1.45. The summed E-state index contributed by atoms with van der Waals surface area (Å²) in [4.78, 5) is 0.129. The zero-order valence-electron chi connectivity index (χ0n) is 8.07. The molecule has 5 nitrogen and oxygen atoms in total. The van der Waals surface area contributed by atoms with Crippen molar-refractivity contribution in [3.8, 4) is 0 Å². The first kappa shape index (κ1) is 12.8. The second kappa shape index (κ2) is 5.21. The number of sulfonamides is 1. The lowest BCUT2D eigenvalue weighted by Crippen LogP contribution is -2.25. The first-order valence-electron chi connectivity index (χ1n) is 4.22. The molecule has 1 N–H and O–H groups in total. The van der Waals surface area contributed by atoms with E-state index in [2.05, 4.69) is 9.82 Å². The van der Waals surface area contributed by atoms with Gasteiger partial charge in [0.25, 0.3) is 0 Å². The summed E-state index contributed by atoms with van der Waals surface area (Å²) in [5.74, 6) is 0. The van der Waals surface area contributed by atoms with Crippen LogP contribution in [0.3, 0.4) is 0 Å². The number of aromatic nitrogens is 2. The maximum absolute atomic E-state index is 11.8. The van der Waals surface area contributed by atoms with Gasteiger partial charge in [0, 0.05) is 13.6 Å². The summed E-state index contributed by atoms with van der Waals surface area (Å²) in [7, 11) is -1.89. The monoisotopic (exact) mass is 347 g/mol. The highest BCUT2D eigenvalue weighted by atomic mass is 127. The van der Waals surface area contributed by atoms with Gasteiger partial charge < -0.3 is 0 Å². The van der Waals surface area contributed by atoms with E-state index < -0.39 is 16.7 Å². The van der Waals surface area contributed by atoms with Crippen LogP contribution in [0, 0.1) is 3.70 Å². The quantitative estimate of drug-likeness (QED) is 0.629. The van der Waals surface area contributed by atoms with Crippen molar-refractivity contribution in [2.75, 3.05) is 13.2 Å². The average Bonchev–Trinajstić information content (AvgIpc) is 2.48. The van der Waals surface area contributed by atoms with Gasteiger partial charge in [-0.05, 0) is 29.0 Å². The van der Waals surface area contributed by atoms with Crippen LogP contribution in [0.25, 0.3) is 0 Å². The number of aryl methyl sites for hydroxylation is 1. The van der Waals surface area contributed by atoms with Gasteiger partial charge in [-0.2, -0.15) is 5.10 Å². The molecule has 15 heavy (non-hydrogen) atoms. The zero-order chi connectivity index (χ0) is 11.5. The van der Waals surface area contributed by atoms with E-state index in [0.717, 1.165) is 0 Å². The lowest BCUT2D eigenvalue weighted by molar-refractivity contribution is 0.470. The van der Waals surface area contributed by atoms with E-state index >= 15 is 0 Å². The Kier molecular flexibility index (Phi) is 4.46. The van der Waals surface area contributed by atoms with Gasteiger partial charge in [0.15, 0.2) is 0 Å². The predicted molar refractivity (Wildman–Crippen MR) is 61.7 cm³/mol. The topological polar surface area (TPSA) is 64.0 Å². The standard InChI is InChI=1S/C7H11FIN3O2S/c1-12-7(9)6(5-10-12)15(13,14)11-4-2-3-8/h5,11H,2-4H2,1H3. The Labute approximate surface area is 101 Å². The molecule has 0 aliphatic rings. The Morgan fingerprint density at radius 2 is 2.33 bits per heavy atom. The van der Waals surface area contributed by atoms with Crippen molar-refractivity contribution in [1.29, 1.82) is 0 Å². The maximum Gasteiger partial charge on any atom is 0.244 e. The van der Waals surface area contributed by atoms with E-state index in [4.69, 9.17) is 0 Å². The molecule has 0 aromatic carbocycles. The molecule has 1 aromatic heterocycles. The molecule has 0 amide bonds. The molecule has 0 radical (unpaired) electrons. The fourth-order valence-corrected chi connectivity index (χ4v) is 3.18. The van der Waals surface area contributed by atoms with E-state index in [-0.39, 0.29) is 17.9 Å². The van der Waals surface area contributed by atoms with Crippen LogP contribution in [0.4, 0.5) is 4.39 Å². The van der Waals surface area contributed by atoms with Crippen molar-refractivity contribution in [2.24, 2.45) is 7.05 Å². The van der Waals surface area contributed by atoms with Gasteiger partial charge in [-0.25, -0.2) is 13.1 Å². The lowest BCUT2D eigenvalue weighted by atomic mass is 10.5. The number of halogens is 2. The van der Waals surface area contributed by atoms with Crippen LogP contribution in [0.15, 0.2) is 11.1 Å². The van der Waals surface area contributed by atoms with E-state index in [1.165, 1.54) is 10.9 Å². The summed E-state index contributed by atoms with van der Waals surface area (Å²) < 4.78 is 39.4. The summed E-state index contributed by atoms with van der Waals surface area (Å²) in [5.41, 5.74) is 0. The summed E-state index contributed by atoms with van der Waals surface area (Å²) in [5, 5.41) is 3.83. The van der Waals surface area contributed by atoms with Gasteiger partial charge in [-0.1, -0.05) is 0 Å². The smallest absolute Gasteiger partial charge is 0.244 e. The third-order valence-electron chi connectivity index (χ3n) is 1.73. The van der Waals surface area contributed by atoms with Crippen LogP contribution in [0.5, 0.6) is 0 Å². The van der Waals surface area contributed by atoms with E-state index in [0.29, 0.717) is 3.70 Å². The first-order valence-corrected chi connectivity index (χ1v) is 6.78. The van der Waals surface area contributed by atoms with E-state index in [1.54, 1.807) is 7.05 Å². The number of hydrogen-bond acceptors (Lipinski definition) is 3. The predicted octanol–water partition coefficient (Wildman–Crippen LogP) is 0.663. The Bertz CT molecular complexity index is 431. The van der Waals surface area contributed by atoms with Gasteiger partial charge in [0.1, 0.15) is 8.60 Å². The number of nitrogens with one attached hydrogen (secondary N) is 1. The van der Waals surface area contributed by atoms with E-state index in [1.807, 2.05) is 22.6 Å². The molecule has 0 saturated carbocycles. The van der Waals surface area contributed by atoms with Crippen molar-refractivity contribution in [3.63, 3.8) is 0 Å². The molecule has 0 atom stereocenters. The molecule has 0 unspecified atom stereocenters. The van der Waals surface area contributed by atoms with Crippen molar-refractivity contribution in [3.05, 3.63) is 9.90 Å². The fraction of sp³-hybridized carbons (Fsp3) is 0.571. The molecule has 1 rings (SSSR count). The number of alkyl halides is 1. The Balaban J connectivity index is 2.82. The molecule has 0 aliphatic carbocycles. The molecule has 0 fully saturated rings. The van der Waals surface area contributed by atoms with Crippen molar-refractivity contribution in [2.45, 2.75) is 11.3 Å². The molecular formula is C7H11FIN3O2S. The van der Waals surface area contributed by atoms with Gasteiger partial charge in [0.05, 0.1) is 12.9 Å². The molecule has 0 aliphatic heterocycles. The lowest BCUT2D eigenvalue weighted by Gasteiger charge is -2.03. The second-order valence-corrected chi connectivity index (χ2v) is 5.62. The SMILES string of the molecule is Cn1ncc(S(=O)(=O)NCCCF)c1I. The fourth-order valence-electron chi connectivity index (χ4n) is 0.934. The number of rotatable bonds is 5. The highest BCUT2D eigenvalue weighted by Gasteiger charge is 2.19. The van der Waals surface area contributed by atoms with Crippen LogP contribution in [0.1, 0.15) is 6.42 Å². The minimum absolute atomic E-state index is 0.101. The van der Waals surface area contributed by atoms with Gasteiger partial charge in [-0.3, -0.25) is 9.07 Å². The third-order valence-corrected chi connectivity index (χ3v) is 4.83. The highest BCUT2D eigenvalue weighted by molar-refractivity contribution is 14.1. The molecule has 0 saturated heterocycles. The minimum Gasteiger partial charge on any atom is -0.261 e. The molecule has 1 aromatic rings. The van der Waals surface area contributed by atoms with Crippen LogP contribution in [0.2, 0.25) is 0 Å². The zero-order valence-corrected chi connectivity index (χ0v) is 11.0. The molecule has 8 heteroatoms. The largest absolute Gasteiger partial charge is 0.261 e. The van der Waals surface area contributed by atoms with Gasteiger partial charge in [0.2, 0.25) is 10.0 Å². The van der Waals surface area contributed by atoms with Crippen LogP contribution >= 0.6 is 22.6 Å². The Morgan fingerprint density at radius 3 is 2.80 bits per heavy atom. The normalized spacial score (nSPS) is 11.9. The number of hydrogen-bond donors (Lipinski definition) is 1. The Hall–Kier alpha value is -0.220. The van der Waals surface area contributed by atoms with Gasteiger partial charge in [-0.15, -0.1) is 0 Å². The molecular weight excluding hydrogens is 336 g/mol. The van der Waals surface area contributed by atoms with Crippen molar-refractivity contribution < 1.29 is 12.8 Å². The van der Waals surface area contributed by atoms with Crippen molar-refractivity contribution >= 4 is 32.6 Å². The molecule has 0 bridgehead atoms. The van der Waals surface area contributed by atoms with Crippen LogP contribution in [-0.2, 0) is 17.1 Å². The third kappa shape index (κ3) is 3.11. The van der Waals surface area contributed by atoms with Crippen LogP contribution < -0.4 is 4.72 Å². The van der Waals surface area contributed by atoms with Crippen LogP contribution in [-0.4, -0.2) is 31.4 Å². The Morgan fingerprint density at radius 1 is 1.67 bits per heavy atom. The average molecular weight is 347 g/mol. The highest BCUT2D eigenvalue weighted by Crippen LogP contribution is 2.15. The summed E-state index contributed by atoms with van der Waals surface area (Å²) in [6, 6.07) is 0. The van der Waals surface area contributed by atoms with Gasteiger partial charge >= 0.3 is 0 Å². The summed E-state index contributed by atoms with van der Waals surface area (Å²) >= 11 is 1.89. The van der Waals surface area contributed by atoms with E-state index in [9.17, 15) is 12.8 Å². The van der Waals surface area contributed by atoms with Crippen molar-refractivity contribution in [1.82, 2.24) is 14.5 Å².